The van der Waals surface area contributed by atoms with Crippen molar-refractivity contribution in [2.24, 2.45) is 0 Å². The molecule has 0 aliphatic heterocycles. The Balaban J connectivity index is 2.40. The van der Waals surface area contributed by atoms with Crippen LogP contribution in [-0.4, -0.2) is 40.4 Å². The first-order valence-electron chi connectivity index (χ1n) is 13.6. The fourth-order valence-corrected chi connectivity index (χ4v) is 5.99. The van der Waals surface area contributed by atoms with Crippen molar-refractivity contribution in [3.8, 4) is 44.9 Å². The van der Waals surface area contributed by atoms with Gasteiger partial charge in [0.1, 0.15) is 11.5 Å². The molecular formula is C34H28F6O6. The third-order valence-corrected chi connectivity index (χ3v) is 7.84. The van der Waals surface area contributed by atoms with Crippen LogP contribution in [0.2, 0.25) is 0 Å². The molecule has 0 spiro atoms. The second kappa shape index (κ2) is 12.8. The van der Waals surface area contributed by atoms with E-state index < -0.39 is 46.8 Å². The molecule has 0 unspecified atom stereocenters. The zero-order valence-corrected chi connectivity index (χ0v) is 26.0. The molecule has 0 aromatic heterocycles. The molecule has 0 heterocycles. The summed E-state index contributed by atoms with van der Waals surface area (Å²) in [5, 5.41) is 0. The molecule has 12 heteroatoms. The van der Waals surface area contributed by atoms with Gasteiger partial charge in [0.05, 0.1) is 39.6 Å². The standard InChI is InChI=1S/C34H28F6O6/c1-13-23(17-9-19(35)29(39)20(36)10-17)27(33(41)45-7)25(15(3)31(13)43-5)26-16(4)32(44-6)14(2)24(28(26)34(42)46-8)18-11-21(37)30(40)22(38)12-18/h9-12H,1-8H3. The molecule has 0 bridgehead atoms. The Morgan fingerprint density at radius 3 is 0.978 bits per heavy atom. The molecule has 6 nitrogen and oxygen atoms in total. The van der Waals surface area contributed by atoms with Crippen molar-refractivity contribution in [3.63, 3.8) is 0 Å². The van der Waals surface area contributed by atoms with E-state index in [2.05, 4.69) is 0 Å². The molecule has 0 aliphatic carbocycles. The van der Waals surface area contributed by atoms with Crippen LogP contribution in [0.5, 0.6) is 11.5 Å². The van der Waals surface area contributed by atoms with E-state index in [1.165, 1.54) is 41.9 Å². The lowest BCUT2D eigenvalue weighted by Crippen LogP contribution is -2.16. The predicted octanol–water partition coefficient (Wildman–Crippen LogP) is 8.35. The van der Waals surface area contributed by atoms with Gasteiger partial charge in [-0.2, -0.15) is 0 Å². The third-order valence-electron chi connectivity index (χ3n) is 7.84. The SMILES string of the molecule is COC(=O)c1c(-c2cc(F)c(F)c(F)c2)c(C)c(OC)c(C)c1-c1c(C)c(OC)c(C)c(-c2cc(F)c(F)c(F)c2)c1C(=O)OC. The maximum atomic E-state index is 14.6. The maximum Gasteiger partial charge on any atom is 0.339 e. The molecule has 0 saturated carbocycles. The van der Waals surface area contributed by atoms with E-state index in [1.54, 1.807) is 0 Å². The largest absolute Gasteiger partial charge is 0.496 e. The van der Waals surface area contributed by atoms with Crippen LogP contribution in [0, 0.1) is 62.6 Å². The summed E-state index contributed by atoms with van der Waals surface area (Å²) in [6, 6.07) is 2.74. The quantitative estimate of drug-likeness (QED) is 0.114. The predicted molar refractivity (Wildman–Crippen MR) is 157 cm³/mol. The molecule has 0 aliphatic rings. The molecular weight excluding hydrogens is 618 g/mol. The average Bonchev–Trinajstić information content (AvgIpc) is 3.01. The van der Waals surface area contributed by atoms with Gasteiger partial charge in [0, 0.05) is 44.5 Å². The topological polar surface area (TPSA) is 71.1 Å². The minimum absolute atomic E-state index is 0.0602. The lowest BCUT2D eigenvalue weighted by Gasteiger charge is -2.27. The highest BCUT2D eigenvalue weighted by molar-refractivity contribution is 6.13. The van der Waals surface area contributed by atoms with Crippen LogP contribution in [0.3, 0.4) is 0 Å². The number of benzene rings is 4. The highest BCUT2D eigenvalue weighted by Crippen LogP contribution is 2.50. The van der Waals surface area contributed by atoms with Crippen LogP contribution < -0.4 is 9.47 Å². The van der Waals surface area contributed by atoms with E-state index in [-0.39, 0.29) is 78.3 Å². The number of esters is 2. The Morgan fingerprint density at radius 2 is 0.739 bits per heavy atom. The highest BCUT2D eigenvalue weighted by Gasteiger charge is 2.35. The van der Waals surface area contributed by atoms with E-state index >= 15 is 0 Å². The van der Waals surface area contributed by atoms with Gasteiger partial charge in [-0.1, -0.05) is 0 Å². The van der Waals surface area contributed by atoms with E-state index in [0.29, 0.717) is 24.3 Å². The highest BCUT2D eigenvalue weighted by atomic mass is 19.2. The van der Waals surface area contributed by atoms with Crippen molar-refractivity contribution in [3.05, 3.63) is 92.5 Å². The normalized spacial score (nSPS) is 11.0. The second-order valence-electron chi connectivity index (χ2n) is 10.3. The second-order valence-corrected chi connectivity index (χ2v) is 10.3. The fraction of sp³-hybridized carbons (Fsp3) is 0.235. The molecule has 0 atom stereocenters. The summed E-state index contributed by atoms with van der Waals surface area (Å²) in [5.74, 6) is -11.5. The minimum Gasteiger partial charge on any atom is -0.496 e. The number of hydrogen-bond acceptors (Lipinski definition) is 6. The summed E-state index contributed by atoms with van der Waals surface area (Å²) >= 11 is 0. The molecule has 4 rings (SSSR count). The molecule has 0 fully saturated rings. The van der Waals surface area contributed by atoms with Gasteiger partial charge in [-0.25, -0.2) is 35.9 Å². The number of methoxy groups -OCH3 is 4. The van der Waals surface area contributed by atoms with Gasteiger partial charge in [0.25, 0.3) is 0 Å². The Morgan fingerprint density at radius 1 is 0.478 bits per heavy atom. The number of hydrogen-bond donors (Lipinski definition) is 0. The molecule has 0 saturated heterocycles. The van der Waals surface area contributed by atoms with Crippen LogP contribution in [0.25, 0.3) is 33.4 Å². The first kappa shape index (κ1) is 33.9. The van der Waals surface area contributed by atoms with Gasteiger partial charge < -0.3 is 18.9 Å². The van der Waals surface area contributed by atoms with Gasteiger partial charge >= 0.3 is 11.9 Å². The molecule has 242 valence electrons. The van der Waals surface area contributed by atoms with Gasteiger partial charge in [0.2, 0.25) is 0 Å². The Kier molecular flexibility index (Phi) is 9.41. The zero-order valence-electron chi connectivity index (χ0n) is 26.0. The molecule has 0 radical (unpaired) electrons. The van der Waals surface area contributed by atoms with Gasteiger partial charge in [-0.05, 0) is 63.1 Å². The zero-order chi connectivity index (χ0) is 34.4. The maximum absolute atomic E-state index is 14.6. The smallest absolute Gasteiger partial charge is 0.339 e. The summed E-state index contributed by atoms with van der Waals surface area (Å²) in [5.41, 5.74) is -0.679. The van der Waals surface area contributed by atoms with Gasteiger partial charge in [-0.15, -0.1) is 0 Å². The lowest BCUT2D eigenvalue weighted by atomic mass is 9.78. The first-order chi connectivity index (χ1) is 21.7. The minimum atomic E-state index is -1.74. The number of carbonyl (C=O) groups is 2. The van der Waals surface area contributed by atoms with Crippen molar-refractivity contribution in [2.45, 2.75) is 27.7 Å². The van der Waals surface area contributed by atoms with Gasteiger partial charge in [0.15, 0.2) is 34.9 Å². The summed E-state index contributed by atoms with van der Waals surface area (Å²) in [7, 11) is 4.70. The van der Waals surface area contributed by atoms with Crippen LogP contribution in [0.1, 0.15) is 43.0 Å². The van der Waals surface area contributed by atoms with Crippen molar-refractivity contribution in [1.29, 1.82) is 0 Å². The summed E-state index contributed by atoms with van der Waals surface area (Å²) in [6.07, 6.45) is 0. The molecule has 4 aromatic rings. The third kappa shape index (κ3) is 5.31. The van der Waals surface area contributed by atoms with Crippen molar-refractivity contribution in [2.75, 3.05) is 28.4 Å². The van der Waals surface area contributed by atoms with Crippen LogP contribution in [-0.2, 0) is 9.47 Å². The Bertz CT molecular complexity index is 1750. The van der Waals surface area contributed by atoms with E-state index in [9.17, 15) is 35.9 Å². The Hall–Kier alpha value is -5.00. The summed E-state index contributed by atoms with van der Waals surface area (Å²) in [6.45, 7) is 6.06. The van der Waals surface area contributed by atoms with Crippen LogP contribution in [0.15, 0.2) is 24.3 Å². The molecule has 4 aromatic carbocycles. The number of ether oxygens (including phenoxy) is 4. The lowest BCUT2D eigenvalue weighted by molar-refractivity contribution is 0.0590. The number of carbonyl (C=O) groups excluding carboxylic acids is 2. The van der Waals surface area contributed by atoms with Gasteiger partial charge in [-0.3, -0.25) is 0 Å². The average molecular weight is 647 g/mol. The van der Waals surface area contributed by atoms with Crippen molar-refractivity contribution >= 4 is 11.9 Å². The van der Waals surface area contributed by atoms with Crippen LogP contribution >= 0.6 is 0 Å². The van der Waals surface area contributed by atoms with E-state index in [1.807, 2.05) is 0 Å². The molecule has 46 heavy (non-hydrogen) atoms. The monoisotopic (exact) mass is 646 g/mol. The summed E-state index contributed by atoms with van der Waals surface area (Å²) in [4.78, 5) is 27.4. The first-order valence-corrected chi connectivity index (χ1v) is 13.6. The van der Waals surface area contributed by atoms with E-state index in [0.717, 1.165) is 14.2 Å². The fourth-order valence-electron chi connectivity index (χ4n) is 5.99. The van der Waals surface area contributed by atoms with E-state index in [4.69, 9.17) is 18.9 Å². The van der Waals surface area contributed by atoms with Crippen molar-refractivity contribution in [1.82, 2.24) is 0 Å². The Labute approximate surface area is 260 Å². The van der Waals surface area contributed by atoms with Crippen LogP contribution in [0.4, 0.5) is 26.3 Å². The summed E-state index contributed by atoms with van der Waals surface area (Å²) < 4.78 is 108. The van der Waals surface area contributed by atoms with Crippen molar-refractivity contribution < 1.29 is 54.9 Å². The molecule has 0 amide bonds. The number of halogens is 6. The number of rotatable bonds is 7. The molecule has 0 N–H and O–H groups in total.